The molecule has 2 unspecified atom stereocenters. The van der Waals surface area contributed by atoms with Crippen molar-refractivity contribution < 1.29 is 9.36 Å². The summed E-state index contributed by atoms with van der Waals surface area (Å²) in [6.45, 7) is 0.369. The number of carbonyl (C=O) groups is 1. The van der Waals surface area contributed by atoms with Gasteiger partial charge in [0.15, 0.2) is 0 Å². The number of halogens is 1. The highest BCUT2D eigenvalue weighted by molar-refractivity contribution is 7.27. The SMILES string of the molecule is NN1CCC(Nc2ccc(Cl)cc2)[C@](N)([PH+]=O)C1=O. The fourth-order valence-electron chi connectivity index (χ4n) is 2.03. The highest BCUT2D eigenvalue weighted by Crippen LogP contribution is 2.31. The Labute approximate surface area is 117 Å². The van der Waals surface area contributed by atoms with Crippen molar-refractivity contribution in [3.8, 4) is 0 Å². The molecule has 8 heteroatoms. The molecule has 1 amide bonds. The highest BCUT2D eigenvalue weighted by Gasteiger charge is 2.55. The molecule has 1 saturated heterocycles. The van der Waals surface area contributed by atoms with E-state index in [2.05, 4.69) is 5.32 Å². The Morgan fingerprint density at radius 3 is 2.63 bits per heavy atom. The van der Waals surface area contributed by atoms with E-state index in [-0.39, 0.29) is 0 Å². The molecule has 1 fully saturated rings. The standard InChI is InChI=1S/C11H14ClN4O2P/c12-7-1-3-8(4-2-7)15-9-5-6-16(14)10(17)11(9,13)19-18/h1-4,9,15H,5-6,13-14H2/p+1/t9?,11-/m0/s1. The monoisotopic (exact) mass is 301 g/mol. The fraction of sp³-hybridized carbons (Fsp3) is 0.364. The van der Waals surface area contributed by atoms with Gasteiger partial charge in [0.1, 0.15) is 6.04 Å². The third-order valence-corrected chi connectivity index (χ3v) is 4.33. The lowest BCUT2D eigenvalue weighted by Crippen LogP contribution is -2.66. The minimum absolute atomic E-state index is 0.369. The second-order valence-electron chi connectivity index (χ2n) is 4.46. The van der Waals surface area contributed by atoms with Crippen LogP contribution in [0.15, 0.2) is 24.3 Å². The molecule has 0 bridgehead atoms. The van der Waals surface area contributed by atoms with Crippen LogP contribution in [0.4, 0.5) is 5.69 Å². The molecule has 102 valence electrons. The molecule has 0 saturated carbocycles. The molecule has 0 aromatic heterocycles. The van der Waals surface area contributed by atoms with E-state index in [1.54, 1.807) is 24.3 Å². The number of benzene rings is 1. The van der Waals surface area contributed by atoms with Gasteiger partial charge in [-0.1, -0.05) is 16.2 Å². The number of hydrazine groups is 1. The fourth-order valence-corrected chi connectivity index (χ4v) is 2.75. The molecule has 2 rings (SSSR count). The molecule has 19 heavy (non-hydrogen) atoms. The van der Waals surface area contributed by atoms with Gasteiger partial charge in [-0.3, -0.25) is 15.5 Å². The molecule has 0 spiro atoms. The summed E-state index contributed by atoms with van der Waals surface area (Å²) in [5.41, 5.74) is 6.72. The van der Waals surface area contributed by atoms with Crippen LogP contribution in [-0.2, 0) is 9.36 Å². The van der Waals surface area contributed by atoms with E-state index < -0.39 is 25.7 Å². The maximum atomic E-state index is 12.0. The number of amides is 1. The molecule has 1 heterocycles. The summed E-state index contributed by atoms with van der Waals surface area (Å²) in [4.78, 5) is 12.0. The molecule has 0 aliphatic carbocycles. The molecule has 6 nitrogen and oxygen atoms in total. The number of hydrogen-bond donors (Lipinski definition) is 3. The molecule has 1 aromatic rings. The Morgan fingerprint density at radius 2 is 2.05 bits per heavy atom. The number of nitrogens with zero attached hydrogens (tertiary/aromatic N) is 1. The second-order valence-corrected chi connectivity index (χ2v) is 5.93. The smallest absolute Gasteiger partial charge is 0.359 e. The highest BCUT2D eigenvalue weighted by atomic mass is 35.5. The summed E-state index contributed by atoms with van der Waals surface area (Å²) in [6.07, 6.45) is 0.524. The van der Waals surface area contributed by atoms with Crippen LogP contribution < -0.4 is 16.9 Å². The summed E-state index contributed by atoms with van der Waals surface area (Å²) >= 11 is 5.80. The van der Waals surface area contributed by atoms with E-state index in [0.29, 0.717) is 18.0 Å². The lowest BCUT2D eigenvalue weighted by Gasteiger charge is -2.35. The first kappa shape index (κ1) is 14.2. The second kappa shape index (κ2) is 5.43. The van der Waals surface area contributed by atoms with Crippen LogP contribution in [-0.4, -0.2) is 28.8 Å². The zero-order valence-electron chi connectivity index (χ0n) is 10.1. The average molecular weight is 302 g/mol. The normalized spacial score (nSPS) is 27.6. The molecular weight excluding hydrogens is 287 g/mol. The Balaban J connectivity index is 2.21. The lowest BCUT2D eigenvalue weighted by atomic mass is 9.99. The van der Waals surface area contributed by atoms with Crippen LogP contribution in [0.2, 0.25) is 5.02 Å². The zero-order chi connectivity index (χ0) is 14.0. The van der Waals surface area contributed by atoms with Crippen molar-refractivity contribution in [2.45, 2.75) is 17.7 Å². The van der Waals surface area contributed by atoms with Gasteiger partial charge < -0.3 is 5.32 Å². The predicted octanol–water partition coefficient (Wildman–Crippen LogP) is 0.905. The van der Waals surface area contributed by atoms with Crippen molar-refractivity contribution in [1.29, 1.82) is 0 Å². The van der Waals surface area contributed by atoms with Gasteiger partial charge >= 0.3 is 19.6 Å². The maximum absolute atomic E-state index is 12.0. The van der Waals surface area contributed by atoms with E-state index in [4.69, 9.17) is 23.2 Å². The summed E-state index contributed by atoms with van der Waals surface area (Å²) in [6, 6.07) is 6.56. The molecule has 1 aliphatic heterocycles. The predicted molar refractivity (Wildman–Crippen MR) is 75.3 cm³/mol. The molecular formula is C11H15ClN4O2P+. The van der Waals surface area contributed by atoms with Crippen molar-refractivity contribution in [2.24, 2.45) is 11.6 Å². The van der Waals surface area contributed by atoms with Crippen LogP contribution >= 0.6 is 20.1 Å². The quantitative estimate of drug-likeness (QED) is 0.437. The molecule has 1 aliphatic rings. The number of carbonyl (C=O) groups excluding carboxylic acids is 1. The number of nitrogens with one attached hydrogen (secondary N) is 1. The van der Waals surface area contributed by atoms with Crippen LogP contribution in [0.25, 0.3) is 0 Å². The van der Waals surface area contributed by atoms with Crippen LogP contribution in [0.3, 0.4) is 0 Å². The minimum Gasteiger partial charge on any atom is -0.376 e. The van der Waals surface area contributed by atoms with Gasteiger partial charge in [0.05, 0.1) is 0 Å². The third-order valence-electron chi connectivity index (χ3n) is 3.18. The van der Waals surface area contributed by atoms with Crippen molar-refractivity contribution in [2.75, 3.05) is 11.9 Å². The van der Waals surface area contributed by atoms with Gasteiger partial charge in [-0.15, -0.1) is 0 Å². The molecule has 1 aromatic carbocycles. The van der Waals surface area contributed by atoms with Gasteiger partial charge in [-0.05, 0) is 30.7 Å². The minimum atomic E-state index is -1.49. The zero-order valence-corrected chi connectivity index (χ0v) is 11.9. The summed E-state index contributed by atoms with van der Waals surface area (Å²) in [5, 5.41) is 3.26. The van der Waals surface area contributed by atoms with Crippen molar-refractivity contribution in [3.05, 3.63) is 29.3 Å². The van der Waals surface area contributed by atoms with Crippen LogP contribution in [0.1, 0.15) is 6.42 Å². The number of nitrogens with two attached hydrogens (primary N) is 2. The van der Waals surface area contributed by atoms with Crippen LogP contribution in [0.5, 0.6) is 0 Å². The first-order valence-electron chi connectivity index (χ1n) is 5.74. The lowest BCUT2D eigenvalue weighted by molar-refractivity contribution is -0.137. The van der Waals surface area contributed by atoms with Gasteiger partial charge in [0.25, 0.3) is 0 Å². The van der Waals surface area contributed by atoms with E-state index in [1.165, 1.54) is 0 Å². The largest absolute Gasteiger partial charge is 0.376 e. The number of rotatable bonds is 3. The third kappa shape index (κ3) is 2.72. The summed E-state index contributed by atoms with van der Waals surface area (Å²) < 4.78 is 11.4. The van der Waals surface area contributed by atoms with E-state index >= 15 is 0 Å². The first-order valence-corrected chi connectivity index (χ1v) is 7.03. The average Bonchev–Trinajstić information content (AvgIpc) is 2.42. The Bertz CT molecular complexity index is 498. The van der Waals surface area contributed by atoms with Gasteiger partial charge in [0.2, 0.25) is 0 Å². The van der Waals surface area contributed by atoms with Gasteiger partial charge in [-0.2, -0.15) is 0 Å². The van der Waals surface area contributed by atoms with Gasteiger partial charge in [0, 0.05) is 17.3 Å². The molecule has 3 atom stereocenters. The van der Waals surface area contributed by atoms with E-state index in [0.717, 1.165) is 10.7 Å². The van der Waals surface area contributed by atoms with Crippen molar-refractivity contribution in [3.63, 3.8) is 0 Å². The van der Waals surface area contributed by atoms with E-state index in [1.807, 2.05) is 0 Å². The van der Waals surface area contributed by atoms with Crippen LogP contribution in [0, 0.1) is 0 Å². The van der Waals surface area contributed by atoms with Crippen molar-refractivity contribution in [1.82, 2.24) is 5.01 Å². The summed E-state index contributed by atoms with van der Waals surface area (Å²) in [5.74, 6) is 5.01. The van der Waals surface area contributed by atoms with E-state index in [9.17, 15) is 9.36 Å². The van der Waals surface area contributed by atoms with Crippen molar-refractivity contribution >= 4 is 31.7 Å². The Kier molecular flexibility index (Phi) is 4.06. The number of anilines is 1. The number of piperidine rings is 1. The maximum Gasteiger partial charge on any atom is 0.359 e. The topological polar surface area (TPSA) is 101 Å². The first-order chi connectivity index (χ1) is 8.97. The number of hydrogen-bond acceptors (Lipinski definition) is 5. The Morgan fingerprint density at radius 1 is 1.42 bits per heavy atom. The molecule has 5 N–H and O–H groups in total. The summed E-state index contributed by atoms with van der Waals surface area (Å²) in [7, 11) is -0.976. The molecule has 0 radical (unpaired) electrons. The van der Waals surface area contributed by atoms with Gasteiger partial charge in [-0.25, -0.2) is 5.84 Å². The Hall–Kier alpha value is -1.20.